The highest BCUT2D eigenvalue weighted by molar-refractivity contribution is 7.20. The largest absolute Gasteiger partial charge is 0.332 e. The van der Waals surface area contributed by atoms with E-state index < -0.39 is 0 Å². The van der Waals surface area contributed by atoms with Gasteiger partial charge in [0.2, 0.25) is 0 Å². The van der Waals surface area contributed by atoms with E-state index in [9.17, 15) is 0 Å². The first-order valence-electron chi connectivity index (χ1n) is 5.45. The topological polar surface area (TPSA) is 24.9 Å². The summed E-state index contributed by atoms with van der Waals surface area (Å²) in [6, 6.07) is 11.8. The molecule has 0 saturated heterocycles. The van der Waals surface area contributed by atoms with Crippen LogP contribution in [0.1, 0.15) is 0 Å². The molecule has 2 nitrogen and oxygen atoms in total. The van der Waals surface area contributed by atoms with Crippen molar-refractivity contribution in [3.8, 4) is 11.3 Å². The van der Waals surface area contributed by atoms with Gasteiger partial charge in [0, 0.05) is 16.6 Å². The number of thiazole rings is 1. The Balaban J connectivity index is 1.86. The molecule has 0 aliphatic heterocycles. The molecule has 2 aromatic heterocycles. The third-order valence-corrected chi connectivity index (χ3v) is 4.71. The molecular formula is C13H8Cl2N2S2. The minimum absolute atomic E-state index is 0.668. The molecule has 0 aliphatic rings. The van der Waals surface area contributed by atoms with E-state index in [0.29, 0.717) is 8.67 Å². The van der Waals surface area contributed by atoms with Crippen LogP contribution in [0.15, 0.2) is 41.8 Å². The van der Waals surface area contributed by atoms with Gasteiger partial charge in [-0.05, 0) is 18.2 Å². The van der Waals surface area contributed by atoms with Crippen LogP contribution in [0, 0.1) is 0 Å². The SMILES string of the molecule is Clc1cc(-c2csc(Nc3ccccc3)n2)c(Cl)s1. The average molecular weight is 327 g/mol. The van der Waals surface area contributed by atoms with Crippen molar-refractivity contribution < 1.29 is 0 Å². The molecule has 19 heavy (non-hydrogen) atoms. The fraction of sp³-hybridized carbons (Fsp3) is 0. The van der Waals surface area contributed by atoms with Crippen molar-refractivity contribution in [1.82, 2.24) is 4.98 Å². The van der Waals surface area contributed by atoms with E-state index >= 15 is 0 Å². The van der Waals surface area contributed by atoms with Crippen molar-refractivity contribution in [2.45, 2.75) is 0 Å². The third kappa shape index (κ3) is 2.92. The maximum atomic E-state index is 6.13. The van der Waals surface area contributed by atoms with E-state index in [2.05, 4.69) is 10.3 Å². The molecule has 0 atom stereocenters. The van der Waals surface area contributed by atoms with Gasteiger partial charge in [-0.3, -0.25) is 0 Å². The lowest BCUT2D eigenvalue weighted by atomic mass is 10.3. The number of para-hydroxylation sites is 1. The Hall–Kier alpha value is -1.07. The van der Waals surface area contributed by atoms with E-state index in [-0.39, 0.29) is 0 Å². The minimum Gasteiger partial charge on any atom is -0.332 e. The van der Waals surface area contributed by atoms with E-state index in [0.717, 1.165) is 22.1 Å². The number of thiophene rings is 1. The van der Waals surface area contributed by atoms with Gasteiger partial charge in [0.15, 0.2) is 5.13 Å². The second-order valence-corrected chi connectivity index (χ2v) is 6.91. The van der Waals surface area contributed by atoms with Crippen LogP contribution in [-0.2, 0) is 0 Å². The zero-order chi connectivity index (χ0) is 13.2. The summed E-state index contributed by atoms with van der Waals surface area (Å²) >= 11 is 15.0. The molecular weight excluding hydrogens is 319 g/mol. The van der Waals surface area contributed by atoms with Gasteiger partial charge >= 0.3 is 0 Å². The molecule has 0 fully saturated rings. The second-order valence-electron chi connectivity index (χ2n) is 3.77. The summed E-state index contributed by atoms with van der Waals surface area (Å²) in [7, 11) is 0. The van der Waals surface area contributed by atoms with Crippen molar-refractivity contribution in [3.63, 3.8) is 0 Å². The van der Waals surface area contributed by atoms with Gasteiger partial charge in [-0.25, -0.2) is 4.98 Å². The molecule has 3 rings (SSSR count). The van der Waals surface area contributed by atoms with Gasteiger partial charge in [-0.1, -0.05) is 41.4 Å². The number of hydrogen-bond donors (Lipinski definition) is 1. The lowest BCUT2D eigenvalue weighted by Crippen LogP contribution is -1.88. The Bertz CT molecular complexity index is 692. The number of aromatic nitrogens is 1. The summed E-state index contributed by atoms with van der Waals surface area (Å²) in [6.45, 7) is 0. The standard InChI is InChI=1S/C13H8Cl2N2S2/c14-11-6-9(12(15)19-11)10-7-18-13(17-10)16-8-4-2-1-3-5-8/h1-7H,(H,16,17). The van der Waals surface area contributed by atoms with Crippen molar-refractivity contribution >= 4 is 56.7 Å². The Morgan fingerprint density at radius 2 is 1.89 bits per heavy atom. The van der Waals surface area contributed by atoms with Crippen LogP contribution in [0.5, 0.6) is 0 Å². The predicted molar refractivity (Wildman–Crippen MR) is 85.2 cm³/mol. The second kappa shape index (κ2) is 5.51. The van der Waals surface area contributed by atoms with E-state index in [1.54, 1.807) is 0 Å². The van der Waals surface area contributed by atoms with Crippen LogP contribution in [0.3, 0.4) is 0 Å². The summed E-state index contributed by atoms with van der Waals surface area (Å²) in [5.41, 5.74) is 2.74. The van der Waals surface area contributed by atoms with Gasteiger partial charge in [0.25, 0.3) is 0 Å². The van der Waals surface area contributed by atoms with Crippen molar-refractivity contribution in [3.05, 3.63) is 50.5 Å². The van der Waals surface area contributed by atoms with Crippen molar-refractivity contribution in [1.29, 1.82) is 0 Å². The number of halogens is 2. The van der Waals surface area contributed by atoms with Crippen LogP contribution in [0.25, 0.3) is 11.3 Å². The van der Waals surface area contributed by atoms with Gasteiger partial charge in [0.05, 0.1) is 10.0 Å². The monoisotopic (exact) mass is 326 g/mol. The summed E-state index contributed by atoms with van der Waals surface area (Å²) in [5, 5.41) is 6.06. The Morgan fingerprint density at radius 3 is 2.58 bits per heavy atom. The molecule has 0 spiro atoms. The Morgan fingerprint density at radius 1 is 1.11 bits per heavy atom. The smallest absolute Gasteiger partial charge is 0.187 e. The van der Waals surface area contributed by atoms with Gasteiger partial charge < -0.3 is 5.32 Å². The molecule has 0 amide bonds. The lowest BCUT2D eigenvalue weighted by Gasteiger charge is -2.00. The number of anilines is 2. The molecule has 0 radical (unpaired) electrons. The summed E-state index contributed by atoms with van der Waals surface area (Å²) < 4.78 is 1.34. The maximum absolute atomic E-state index is 6.13. The highest BCUT2D eigenvalue weighted by Crippen LogP contribution is 2.39. The molecule has 3 aromatic rings. The Kier molecular flexibility index (Phi) is 3.75. The van der Waals surface area contributed by atoms with E-state index in [1.807, 2.05) is 41.8 Å². The highest BCUT2D eigenvalue weighted by Gasteiger charge is 2.11. The zero-order valence-corrected chi connectivity index (χ0v) is 12.7. The first kappa shape index (κ1) is 12.9. The van der Waals surface area contributed by atoms with Crippen LogP contribution >= 0.6 is 45.9 Å². The fourth-order valence-corrected chi connectivity index (χ4v) is 3.83. The molecule has 1 aromatic carbocycles. The maximum Gasteiger partial charge on any atom is 0.187 e. The number of rotatable bonds is 3. The minimum atomic E-state index is 0.668. The van der Waals surface area contributed by atoms with Crippen LogP contribution in [-0.4, -0.2) is 4.98 Å². The molecule has 1 N–H and O–H groups in total. The Labute approximate surface area is 128 Å². The summed E-state index contributed by atoms with van der Waals surface area (Å²) in [4.78, 5) is 4.52. The molecule has 2 heterocycles. The quantitative estimate of drug-likeness (QED) is 0.645. The number of nitrogens with one attached hydrogen (secondary N) is 1. The first-order valence-corrected chi connectivity index (χ1v) is 7.90. The lowest BCUT2D eigenvalue weighted by molar-refractivity contribution is 1.39. The van der Waals surface area contributed by atoms with Crippen molar-refractivity contribution in [2.75, 3.05) is 5.32 Å². The number of hydrogen-bond acceptors (Lipinski definition) is 4. The van der Waals surface area contributed by atoms with Crippen LogP contribution in [0.2, 0.25) is 8.67 Å². The summed E-state index contributed by atoms with van der Waals surface area (Å²) in [5.74, 6) is 0. The third-order valence-electron chi connectivity index (χ3n) is 2.46. The van der Waals surface area contributed by atoms with E-state index in [1.165, 1.54) is 22.7 Å². The molecule has 0 aliphatic carbocycles. The van der Waals surface area contributed by atoms with Gasteiger partial charge in [-0.2, -0.15) is 0 Å². The van der Waals surface area contributed by atoms with Gasteiger partial charge in [-0.15, -0.1) is 22.7 Å². The summed E-state index contributed by atoms with van der Waals surface area (Å²) in [6.07, 6.45) is 0. The number of benzene rings is 1. The fourth-order valence-electron chi connectivity index (χ4n) is 1.61. The molecule has 6 heteroatoms. The van der Waals surface area contributed by atoms with Crippen molar-refractivity contribution in [2.24, 2.45) is 0 Å². The van der Waals surface area contributed by atoms with Crippen LogP contribution in [0.4, 0.5) is 10.8 Å². The average Bonchev–Trinajstić information content (AvgIpc) is 2.97. The van der Waals surface area contributed by atoms with Gasteiger partial charge in [0.1, 0.15) is 4.34 Å². The molecule has 96 valence electrons. The first-order chi connectivity index (χ1) is 9.22. The highest BCUT2D eigenvalue weighted by atomic mass is 35.5. The van der Waals surface area contributed by atoms with E-state index in [4.69, 9.17) is 23.2 Å². The number of nitrogens with zero attached hydrogens (tertiary/aromatic N) is 1. The normalized spacial score (nSPS) is 10.6. The molecule has 0 saturated carbocycles. The molecule has 0 bridgehead atoms. The predicted octanol–water partition coefficient (Wildman–Crippen LogP) is 5.92. The van der Waals surface area contributed by atoms with Crippen LogP contribution < -0.4 is 5.32 Å². The molecule has 0 unspecified atom stereocenters. The zero-order valence-electron chi connectivity index (χ0n) is 9.56.